The molecule has 2 fully saturated rings. The molecule has 4 rings (SSSR count). The van der Waals surface area contributed by atoms with Crippen molar-refractivity contribution < 1.29 is 14.4 Å². The highest BCUT2D eigenvalue weighted by molar-refractivity contribution is 6.07. The molecule has 2 heterocycles. The fourth-order valence-electron chi connectivity index (χ4n) is 4.53. The van der Waals surface area contributed by atoms with E-state index in [4.69, 9.17) is 4.99 Å². The van der Waals surface area contributed by atoms with E-state index in [9.17, 15) is 14.4 Å². The number of amides is 2. The van der Waals surface area contributed by atoms with Gasteiger partial charge in [-0.1, -0.05) is 31.4 Å². The lowest BCUT2D eigenvalue weighted by Crippen LogP contribution is -2.41. The molecule has 1 saturated carbocycles. The first-order valence-electron chi connectivity index (χ1n) is 10.3. The Morgan fingerprint density at radius 1 is 1.07 bits per heavy atom. The lowest BCUT2D eigenvalue weighted by atomic mass is 9.85. The van der Waals surface area contributed by atoms with Gasteiger partial charge in [0.05, 0.1) is 17.9 Å². The molecule has 6 nitrogen and oxygen atoms in total. The molecule has 0 unspecified atom stereocenters. The van der Waals surface area contributed by atoms with Gasteiger partial charge >= 0.3 is 0 Å². The standard InChI is InChI=1S/C22H27N3O3/c1-15-11-12-24(19(13-15)23-16-7-3-2-4-8-16)20(26)14-25-21(27)17-9-5-6-10-18(17)22(25)28/h5-6,11-13,16-18H,2-4,7-10,14H2,1H3/t17-,18-/m0/s1. The number of carbonyl (C=O) groups excluding carboxylic acids is 3. The second-order valence-corrected chi connectivity index (χ2v) is 8.17. The summed E-state index contributed by atoms with van der Waals surface area (Å²) in [6.45, 7) is 1.76. The molecular weight excluding hydrogens is 354 g/mol. The monoisotopic (exact) mass is 381 g/mol. The SMILES string of the molecule is Cc1ccn(C(=O)CN2C(=O)[C@H]3CC=CC[C@@H]3C2=O)c(=NC2CCCCC2)c1. The Balaban J connectivity index is 1.58. The summed E-state index contributed by atoms with van der Waals surface area (Å²) in [6.07, 6.45) is 12.4. The summed E-state index contributed by atoms with van der Waals surface area (Å²) in [5.41, 5.74) is 1.65. The Morgan fingerprint density at radius 3 is 2.36 bits per heavy atom. The molecule has 6 heteroatoms. The molecule has 2 amide bonds. The number of aromatic nitrogens is 1. The number of pyridine rings is 1. The molecule has 0 N–H and O–H groups in total. The van der Waals surface area contributed by atoms with Gasteiger partial charge in [0.1, 0.15) is 12.0 Å². The highest BCUT2D eigenvalue weighted by atomic mass is 16.2. The molecular formula is C22H27N3O3. The van der Waals surface area contributed by atoms with Crippen LogP contribution in [0, 0.1) is 18.8 Å². The normalized spacial score (nSPS) is 26.0. The molecule has 0 aromatic carbocycles. The maximum atomic E-state index is 13.0. The Morgan fingerprint density at radius 2 is 1.71 bits per heavy atom. The van der Waals surface area contributed by atoms with Crippen molar-refractivity contribution in [3.8, 4) is 0 Å². The quantitative estimate of drug-likeness (QED) is 0.597. The number of nitrogens with zero attached hydrogens (tertiary/aromatic N) is 3. The van der Waals surface area contributed by atoms with Gasteiger partial charge in [0.25, 0.3) is 5.91 Å². The van der Waals surface area contributed by atoms with Crippen LogP contribution in [-0.2, 0) is 9.59 Å². The van der Waals surface area contributed by atoms with Crippen LogP contribution in [0.15, 0.2) is 35.5 Å². The van der Waals surface area contributed by atoms with E-state index in [-0.39, 0.29) is 42.1 Å². The first-order valence-corrected chi connectivity index (χ1v) is 10.3. The number of carbonyl (C=O) groups is 3. The van der Waals surface area contributed by atoms with Gasteiger partial charge in [-0.25, -0.2) is 0 Å². The molecule has 0 radical (unpaired) electrons. The third kappa shape index (κ3) is 3.60. The van der Waals surface area contributed by atoms with E-state index in [0.29, 0.717) is 18.3 Å². The van der Waals surface area contributed by atoms with E-state index in [2.05, 4.69) is 0 Å². The van der Waals surface area contributed by atoms with E-state index >= 15 is 0 Å². The molecule has 1 aromatic heterocycles. The van der Waals surface area contributed by atoms with Crippen molar-refractivity contribution in [2.45, 2.75) is 57.9 Å². The van der Waals surface area contributed by atoms with Gasteiger partial charge < -0.3 is 0 Å². The van der Waals surface area contributed by atoms with Crippen LogP contribution in [0.4, 0.5) is 0 Å². The van der Waals surface area contributed by atoms with E-state index < -0.39 is 0 Å². The van der Waals surface area contributed by atoms with Gasteiger partial charge in [-0.2, -0.15) is 0 Å². The van der Waals surface area contributed by atoms with Crippen molar-refractivity contribution in [1.82, 2.24) is 9.47 Å². The number of hydrogen-bond acceptors (Lipinski definition) is 4. The van der Waals surface area contributed by atoms with E-state index in [1.54, 1.807) is 6.20 Å². The van der Waals surface area contributed by atoms with Crippen molar-refractivity contribution in [2.75, 3.05) is 6.54 Å². The second kappa shape index (κ2) is 7.86. The number of rotatable bonds is 3. The first kappa shape index (κ1) is 18.8. The number of fused-ring (bicyclic) bond motifs is 1. The van der Waals surface area contributed by atoms with Gasteiger partial charge in [-0.3, -0.25) is 28.8 Å². The zero-order chi connectivity index (χ0) is 19.7. The van der Waals surface area contributed by atoms with Crippen LogP contribution in [0.25, 0.3) is 0 Å². The maximum absolute atomic E-state index is 13.0. The molecule has 28 heavy (non-hydrogen) atoms. The summed E-state index contributed by atoms with van der Waals surface area (Å²) < 4.78 is 1.50. The van der Waals surface area contributed by atoms with Crippen LogP contribution >= 0.6 is 0 Å². The smallest absolute Gasteiger partial charge is 0.252 e. The number of likely N-dealkylation sites (tertiary alicyclic amines) is 1. The minimum absolute atomic E-state index is 0.216. The van der Waals surface area contributed by atoms with Gasteiger partial charge in [-0.05, 0) is 50.3 Å². The van der Waals surface area contributed by atoms with Crippen LogP contribution in [-0.4, -0.2) is 39.8 Å². The van der Waals surface area contributed by atoms with Gasteiger partial charge in [0.2, 0.25) is 11.8 Å². The minimum Gasteiger partial charge on any atom is -0.274 e. The largest absolute Gasteiger partial charge is 0.274 e. The predicted molar refractivity (Wildman–Crippen MR) is 104 cm³/mol. The average Bonchev–Trinajstić information content (AvgIpc) is 2.94. The van der Waals surface area contributed by atoms with Crippen molar-refractivity contribution in [2.24, 2.45) is 16.8 Å². The van der Waals surface area contributed by atoms with Gasteiger partial charge in [-0.15, -0.1) is 0 Å². The number of allylic oxidation sites excluding steroid dienone is 2. The number of aryl methyl sites for hydroxylation is 1. The lowest BCUT2D eigenvalue weighted by Gasteiger charge is -2.19. The Labute approximate surface area is 164 Å². The predicted octanol–water partition coefficient (Wildman–Crippen LogP) is 2.62. The van der Waals surface area contributed by atoms with Crippen LogP contribution in [0.3, 0.4) is 0 Å². The highest BCUT2D eigenvalue weighted by Crippen LogP contribution is 2.34. The van der Waals surface area contributed by atoms with Crippen LogP contribution < -0.4 is 5.49 Å². The fraction of sp³-hybridized carbons (Fsp3) is 0.545. The third-order valence-corrected chi connectivity index (χ3v) is 6.14. The highest BCUT2D eigenvalue weighted by Gasteiger charge is 2.47. The summed E-state index contributed by atoms with van der Waals surface area (Å²) in [7, 11) is 0. The molecule has 1 aromatic rings. The second-order valence-electron chi connectivity index (χ2n) is 8.17. The zero-order valence-electron chi connectivity index (χ0n) is 16.3. The van der Waals surface area contributed by atoms with E-state index in [1.807, 2.05) is 31.2 Å². The molecule has 1 saturated heterocycles. The Kier molecular flexibility index (Phi) is 5.29. The van der Waals surface area contributed by atoms with Crippen LogP contribution in [0.1, 0.15) is 55.3 Å². The lowest BCUT2D eigenvalue weighted by molar-refractivity contribution is -0.139. The fourth-order valence-corrected chi connectivity index (χ4v) is 4.53. The number of imide groups is 1. The van der Waals surface area contributed by atoms with Crippen LogP contribution in [0.5, 0.6) is 0 Å². The summed E-state index contributed by atoms with van der Waals surface area (Å²) >= 11 is 0. The first-order chi connectivity index (χ1) is 13.5. The minimum atomic E-state index is -0.306. The summed E-state index contributed by atoms with van der Waals surface area (Å²) in [5, 5.41) is 0. The van der Waals surface area contributed by atoms with Crippen molar-refractivity contribution in [1.29, 1.82) is 0 Å². The average molecular weight is 381 g/mol. The van der Waals surface area contributed by atoms with Crippen molar-refractivity contribution >= 4 is 17.7 Å². The summed E-state index contributed by atoms with van der Waals surface area (Å²) in [5.74, 6) is -1.33. The molecule has 148 valence electrons. The van der Waals surface area contributed by atoms with Gasteiger partial charge in [0.15, 0.2) is 0 Å². The third-order valence-electron chi connectivity index (χ3n) is 6.14. The zero-order valence-corrected chi connectivity index (χ0v) is 16.3. The Bertz CT molecular complexity index is 867. The maximum Gasteiger partial charge on any atom is 0.252 e. The Hall–Kier alpha value is -2.50. The van der Waals surface area contributed by atoms with E-state index in [1.165, 1.54) is 23.8 Å². The topological polar surface area (TPSA) is 71.7 Å². The van der Waals surface area contributed by atoms with E-state index in [0.717, 1.165) is 23.3 Å². The van der Waals surface area contributed by atoms with Gasteiger partial charge in [0, 0.05) is 6.20 Å². The molecule has 2 aliphatic carbocycles. The van der Waals surface area contributed by atoms with Crippen molar-refractivity contribution in [3.05, 3.63) is 41.5 Å². The number of hydrogen-bond donors (Lipinski definition) is 0. The molecule has 1 aliphatic heterocycles. The molecule has 2 atom stereocenters. The van der Waals surface area contributed by atoms with Crippen LogP contribution in [0.2, 0.25) is 0 Å². The molecule has 0 spiro atoms. The van der Waals surface area contributed by atoms with Crippen molar-refractivity contribution in [3.63, 3.8) is 0 Å². The molecule has 3 aliphatic rings. The molecule has 0 bridgehead atoms. The summed E-state index contributed by atoms with van der Waals surface area (Å²) in [4.78, 5) is 44.3. The summed E-state index contributed by atoms with van der Waals surface area (Å²) in [6, 6.07) is 4.00.